The minimum Gasteiger partial charge on any atom is -0.377 e. The lowest BCUT2D eigenvalue weighted by atomic mass is 10.1. The molecule has 9 nitrogen and oxygen atoms in total. The van der Waals surface area contributed by atoms with Crippen molar-refractivity contribution in [2.75, 3.05) is 49.7 Å². The quantitative estimate of drug-likeness (QED) is 0.617. The molecule has 3 atom stereocenters. The van der Waals surface area contributed by atoms with Gasteiger partial charge in [-0.05, 0) is 44.0 Å². The number of amides is 1. The molecule has 3 fully saturated rings. The van der Waals surface area contributed by atoms with Crippen molar-refractivity contribution in [3.8, 4) is 11.3 Å². The van der Waals surface area contributed by atoms with Crippen molar-refractivity contribution < 1.29 is 14.3 Å². The molecule has 3 saturated heterocycles. The summed E-state index contributed by atoms with van der Waals surface area (Å²) in [7, 11) is 1.63. The first kappa shape index (κ1) is 22.2. The second-order valence-electron chi connectivity index (χ2n) is 9.55. The number of anilines is 2. The first-order valence-corrected chi connectivity index (χ1v) is 12.3. The Labute approximate surface area is 204 Å². The number of nitrogens with one attached hydrogen (secondary N) is 1. The normalized spacial score (nSPS) is 24.1. The number of aromatic nitrogens is 3. The van der Waals surface area contributed by atoms with Crippen molar-refractivity contribution in [1.29, 1.82) is 0 Å². The van der Waals surface area contributed by atoms with Gasteiger partial charge in [0, 0.05) is 37.8 Å². The van der Waals surface area contributed by atoms with E-state index in [0.717, 1.165) is 54.9 Å². The molecule has 2 bridgehead atoms. The van der Waals surface area contributed by atoms with Crippen molar-refractivity contribution in [3.63, 3.8) is 0 Å². The van der Waals surface area contributed by atoms with Gasteiger partial charge in [0.1, 0.15) is 5.82 Å². The third-order valence-corrected chi connectivity index (χ3v) is 7.14. The van der Waals surface area contributed by atoms with Crippen LogP contribution in [0.25, 0.3) is 22.3 Å². The number of carbonyl (C=O) groups is 1. The summed E-state index contributed by atoms with van der Waals surface area (Å²) >= 11 is 0. The van der Waals surface area contributed by atoms with Crippen molar-refractivity contribution in [3.05, 3.63) is 42.0 Å². The second kappa shape index (κ2) is 9.05. The van der Waals surface area contributed by atoms with Crippen LogP contribution in [0.4, 0.5) is 11.8 Å². The number of fused-ring (bicyclic) bond motifs is 3. The standard InChI is InChI=1S/C26H30N6O3/c1-16-15-34-11-10-32(16)24-21-8-9-22(17-4-3-5-18(12-17)25(33)27-2)28-23(21)29-26(30-24)31-13-19-6-7-20(14-31)35-19/h3-5,8-9,12,16,19-20H,6-7,10-11,13-15H2,1-2H3,(H,27,33). The van der Waals surface area contributed by atoms with Crippen molar-refractivity contribution in [2.24, 2.45) is 0 Å². The van der Waals surface area contributed by atoms with Gasteiger partial charge in [0.25, 0.3) is 5.91 Å². The fourth-order valence-corrected chi connectivity index (χ4v) is 5.29. The molecule has 3 aliphatic heterocycles. The highest BCUT2D eigenvalue weighted by Gasteiger charge is 2.35. The summed E-state index contributed by atoms with van der Waals surface area (Å²) in [5.74, 6) is 1.48. The van der Waals surface area contributed by atoms with Gasteiger partial charge in [-0.25, -0.2) is 4.98 Å². The largest absolute Gasteiger partial charge is 0.377 e. The molecule has 0 aliphatic carbocycles. The van der Waals surface area contributed by atoms with E-state index in [4.69, 9.17) is 24.4 Å². The number of nitrogens with zero attached hydrogens (tertiary/aromatic N) is 5. The highest BCUT2D eigenvalue weighted by atomic mass is 16.5. The first-order chi connectivity index (χ1) is 17.1. The van der Waals surface area contributed by atoms with Gasteiger partial charge in [-0.1, -0.05) is 12.1 Å². The zero-order valence-electron chi connectivity index (χ0n) is 20.1. The van der Waals surface area contributed by atoms with Crippen LogP contribution in [0.2, 0.25) is 0 Å². The second-order valence-corrected chi connectivity index (χ2v) is 9.55. The van der Waals surface area contributed by atoms with Gasteiger partial charge in [-0.3, -0.25) is 4.79 Å². The molecule has 5 heterocycles. The number of morpholine rings is 2. The lowest BCUT2D eigenvalue weighted by molar-refractivity contribution is 0.0299. The van der Waals surface area contributed by atoms with Crippen molar-refractivity contribution in [1.82, 2.24) is 20.3 Å². The topological polar surface area (TPSA) is 92.7 Å². The molecule has 35 heavy (non-hydrogen) atoms. The number of benzene rings is 1. The van der Waals surface area contributed by atoms with E-state index in [1.807, 2.05) is 24.3 Å². The Bertz CT molecular complexity index is 1260. The maximum absolute atomic E-state index is 12.2. The molecular formula is C26H30N6O3. The van der Waals surface area contributed by atoms with Crippen LogP contribution in [-0.4, -0.2) is 79.0 Å². The van der Waals surface area contributed by atoms with Crippen LogP contribution in [0.1, 0.15) is 30.1 Å². The molecule has 3 aromatic rings. The Morgan fingerprint density at radius 2 is 1.91 bits per heavy atom. The number of carbonyl (C=O) groups excluding carboxylic acids is 1. The number of hydrogen-bond acceptors (Lipinski definition) is 8. The molecule has 9 heteroatoms. The highest BCUT2D eigenvalue weighted by molar-refractivity contribution is 5.95. The van der Waals surface area contributed by atoms with Crippen LogP contribution in [-0.2, 0) is 9.47 Å². The minimum absolute atomic E-state index is 0.122. The molecule has 2 aromatic heterocycles. The Morgan fingerprint density at radius 1 is 1.09 bits per heavy atom. The minimum atomic E-state index is -0.122. The molecule has 6 rings (SSSR count). The smallest absolute Gasteiger partial charge is 0.251 e. The average Bonchev–Trinajstić information content (AvgIpc) is 3.24. The van der Waals surface area contributed by atoms with Gasteiger partial charge in [0.15, 0.2) is 5.65 Å². The monoisotopic (exact) mass is 474 g/mol. The average molecular weight is 475 g/mol. The van der Waals surface area contributed by atoms with Crippen LogP contribution >= 0.6 is 0 Å². The summed E-state index contributed by atoms with van der Waals surface area (Å²) in [5.41, 5.74) is 2.90. The van der Waals surface area contributed by atoms with Gasteiger partial charge in [0.05, 0.1) is 42.5 Å². The molecular weight excluding hydrogens is 444 g/mol. The maximum Gasteiger partial charge on any atom is 0.251 e. The number of pyridine rings is 1. The van der Waals surface area contributed by atoms with Crippen LogP contribution in [0, 0.1) is 0 Å². The molecule has 1 N–H and O–H groups in total. The fraction of sp³-hybridized carbons (Fsp3) is 0.462. The van der Waals surface area contributed by atoms with Crippen LogP contribution in [0.15, 0.2) is 36.4 Å². The fourth-order valence-electron chi connectivity index (χ4n) is 5.29. The molecule has 1 amide bonds. The molecule has 3 unspecified atom stereocenters. The van der Waals surface area contributed by atoms with Crippen LogP contribution in [0.3, 0.4) is 0 Å². The van der Waals surface area contributed by atoms with Gasteiger partial charge in [0.2, 0.25) is 5.95 Å². The SMILES string of the molecule is CNC(=O)c1cccc(-c2ccc3c(N4CCOCC4C)nc(N4CC5CCC(C4)O5)nc3n2)c1. The van der Waals surface area contributed by atoms with Gasteiger partial charge in [-0.15, -0.1) is 0 Å². The van der Waals surface area contributed by atoms with Gasteiger partial charge < -0.3 is 24.6 Å². The summed E-state index contributed by atoms with van der Waals surface area (Å²) in [5, 5.41) is 3.60. The zero-order chi connectivity index (χ0) is 23.9. The molecule has 1 aromatic carbocycles. The predicted octanol–water partition coefficient (Wildman–Crippen LogP) is 2.64. The Balaban J connectivity index is 1.45. The first-order valence-electron chi connectivity index (χ1n) is 12.3. The van der Waals surface area contributed by atoms with Crippen molar-refractivity contribution >= 4 is 28.7 Å². The maximum atomic E-state index is 12.2. The molecule has 0 saturated carbocycles. The van der Waals surface area contributed by atoms with Crippen molar-refractivity contribution in [2.45, 2.75) is 38.0 Å². The summed E-state index contributed by atoms with van der Waals surface area (Å²) in [6, 6.07) is 11.7. The molecule has 0 radical (unpaired) electrons. The van der Waals surface area contributed by atoms with E-state index >= 15 is 0 Å². The zero-order valence-corrected chi connectivity index (χ0v) is 20.1. The summed E-state index contributed by atoms with van der Waals surface area (Å²) in [6.45, 7) is 5.87. The third-order valence-electron chi connectivity index (χ3n) is 7.14. The Kier molecular flexibility index (Phi) is 5.74. The van der Waals surface area contributed by atoms with E-state index in [9.17, 15) is 4.79 Å². The summed E-state index contributed by atoms with van der Waals surface area (Å²) < 4.78 is 11.7. The number of rotatable bonds is 4. The lowest BCUT2D eigenvalue weighted by Crippen LogP contribution is -2.45. The summed E-state index contributed by atoms with van der Waals surface area (Å²) in [6.07, 6.45) is 2.66. The lowest BCUT2D eigenvalue weighted by Gasteiger charge is -2.36. The highest BCUT2D eigenvalue weighted by Crippen LogP contribution is 2.33. The van der Waals surface area contributed by atoms with Crippen LogP contribution < -0.4 is 15.1 Å². The van der Waals surface area contributed by atoms with E-state index in [2.05, 4.69) is 28.1 Å². The molecule has 3 aliphatic rings. The van der Waals surface area contributed by atoms with E-state index in [-0.39, 0.29) is 24.2 Å². The Morgan fingerprint density at radius 3 is 2.69 bits per heavy atom. The van der Waals surface area contributed by atoms with Crippen LogP contribution in [0.5, 0.6) is 0 Å². The molecule has 182 valence electrons. The number of ether oxygens (including phenoxy) is 2. The van der Waals surface area contributed by atoms with E-state index < -0.39 is 0 Å². The van der Waals surface area contributed by atoms with E-state index in [0.29, 0.717) is 30.4 Å². The summed E-state index contributed by atoms with van der Waals surface area (Å²) in [4.78, 5) is 31.7. The van der Waals surface area contributed by atoms with Gasteiger partial charge in [-0.2, -0.15) is 9.97 Å². The molecule has 0 spiro atoms. The number of hydrogen-bond donors (Lipinski definition) is 1. The van der Waals surface area contributed by atoms with Gasteiger partial charge >= 0.3 is 0 Å². The Hall–Kier alpha value is -3.30. The van der Waals surface area contributed by atoms with E-state index in [1.165, 1.54) is 0 Å². The predicted molar refractivity (Wildman–Crippen MR) is 134 cm³/mol. The third kappa shape index (κ3) is 4.19. The van der Waals surface area contributed by atoms with E-state index in [1.54, 1.807) is 13.1 Å².